The van der Waals surface area contributed by atoms with Gasteiger partial charge >= 0.3 is 0 Å². The molecule has 3 aromatic rings. The SMILES string of the molecule is CC(=O)Nc1ccc(S(=O)(=O)Nc2ncn(Cc3ccccc3C)n2)cc1. The van der Waals surface area contributed by atoms with E-state index >= 15 is 0 Å². The van der Waals surface area contributed by atoms with Crippen molar-refractivity contribution in [3.63, 3.8) is 0 Å². The molecule has 0 radical (unpaired) electrons. The van der Waals surface area contributed by atoms with Gasteiger partial charge in [0, 0.05) is 12.6 Å². The summed E-state index contributed by atoms with van der Waals surface area (Å²) in [7, 11) is -3.83. The van der Waals surface area contributed by atoms with E-state index in [4.69, 9.17) is 0 Å². The van der Waals surface area contributed by atoms with Crippen molar-refractivity contribution in [2.75, 3.05) is 10.0 Å². The van der Waals surface area contributed by atoms with E-state index in [0.29, 0.717) is 12.2 Å². The lowest BCUT2D eigenvalue weighted by molar-refractivity contribution is -0.114. The summed E-state index contributed by atoms with van der Waals surface area (Å²) in [6, 6.07) is 13.7. The zero-order valence-electron chi connectivity index (χ0n) is 14.9. The monoisotopic (exact) mass is 385 g/mol. The zero-order valence-corrected chi connectivity index (χ0v) is 15.7. The summed E-state index contributed by atoms with van der Waals surface area (Å²) in [6.07, 6.45) is 1.48. The lowest BCUT2D eigenvalue weighted by Crippen LogP contribution is -2.14. The number of hydrogen-bond donors (Lipinski definition) is 2. The second kappa shape index (κ2) is 7.58. The number of carbonyl (C=O) groups excluding carboxylic acids is 1. The highest BCUT2D eigenvalue weighted by Crippen LogP contribution is 2.17. The van der Waals surface area contributed by atoms with Crippen molar-refractivity contribution in [3.05, 3.63) is 66.0 Å². The number of sulfonamides is 1. The number of hydrogen-bond acceptors (Lipinski definition) is 5. The van der Waals surface area contributed by atoms with Gasteiger partial charge in [-0.1, -0.05) is 24.3 Å². The molecule has 0 aliphatic carbocycles. The van der Waals surface area contributed by atoms with Gasteiger partial charge in [-0.2, -0.15) is 4.98 Å². The molecule has 2 N–H and O–H groups in total. The van der Waals surface area contributed by atoms with Crippen LogP contribution in [-0.4, -0.2) is 29.1 Å². The van der Waals surface area contributed by atoms with Gasteiger partial charge in [-0.3, -0.25) is 4.79 Å². The molecule has 3 rings (SSSR count). The fourth-order valence-corrected chi connectivity index (χ4v) is 3.43. The van der Waals surface area contributed by atoms with Crippen molar-refractivity contribution in [2.45, 2.75) is 25.3 Å². The quantitative estimate of drug-likeness (QED) is 0.678. The Morgan fingerprint density at radius 3 is 2.48 bits per heavy atom. The van der Waals surface area contributed by atoms with Crippen LogP contribution in [0.4, 0.5) is 11.6 Å². The average molecular weight is 385 g/mol. The summed E-state index contributed by atoms with van der Waals surface area (Å²) < 4.78 is 28.9. The van der Waals surface area contributed by atoms with Crippen LogP contribution in [0.3, 0.4) is 0 Å². The van der Waals surface area contributed by atoms with Crippen LogP contribution in [0.25, 0.3) is 0 Å². The third-order valence-corrected chi connectivity index (χ3v) is 5.18. The second-order valence-corrected chi connectivity index (χ2v) is 7.69. The van der Waals surface area contributed by atoms with Crippen LogP contribution < -0.4 is 10.0 Å². The predicted molar refractivity (Wildman–Crippen MR) is 102 cm³/mol. The Hall–Kier alpha value is -3.20. The van der Waals surface area contributed by atoms with Gasteiger partial charge in [0.15, 0.2) is 0 Å². The highest BCUT2D eigenvalue weighted by atomic mass is 32.2. The van der Waals surface area contributed by atoms with Crippen LogP contribution in [0.15, 0.2) is 59.8 Å². The molecule has 0 saturated heterocycles. The molecule has 140 valence electrons. The molecule has 2 aromatic carbocycles. The molecule has 1 aromatic heterocycles. The maximum atomic E-state index is 12.5. The minimum absolute atomic E-state index is 0.00507. The minimum atomic E-state index is -3.83. The normalized spacial score (nSPS) is 11.2. The number of aryl methyl sites for hydroxylation is 1. The van der Waals surface area contributed by atoms with Crippen molar-refractivity contribution < 1.29 is 13.2 Å². The van der Waals surface area contributed by atoms with Gasteiger partial charge in [0.05, 0.1) is 11.4 Å². The van der Waals surface area contributed by atoms with Gasteiger partial charge in [-0.25, -0.2) is 17.8 Å². The van der Waals surface area contributed by atoms with Crippen molar-refractivity contribution in [3.8, 4) is 0 Å². The highest BCUT2D eigenvalue weighted by molar-refractivity contribution is 7.92. The first-order valence-corrected chi connectivity index (χ1v) is 9.66. The molecule has 0 unspecified atom stereocenters. The number of nitrogens with one attached hydrogen (secondary N) is 2. The van der Waals surface area contributed by atoms with E-state index in [1.54, 1.807) is 4.68 Å². The third kappa shape index (κ3) is 4.70. The van der Waals surface area contributed by atoms with Crippen LogP contribution in [0.5, 0.6) is 0 Å². The fourth-order valence-electron chi connectivity index (χ4n) is 2.48. The first kappa shape index (κ1) is 18.6. The number of amides is 1. The number of carbonyl (C=O) groups is 1. The highest BCUT2D eigenvalue weighted by Gasteiger charge is 2.16. The molecule has 9 heteroatoms. The Morgan fingerprint density at radius 1 is 1.11 bits per heavy atom. The lowest BCUT2D eigenvalue weighted by Gasteiger charge is -2.07. The maximum absolute atomic E-state index is 12.5. The summed E-state index contributed by atoms with van der Waals surface area (Å²) in [5.74, 6) is -0.235. The number of benzene rings is 2. The van der Waals surface area contributed by atoms with Crippen molar-refractivity contribution in [1.29, 1.82) is 0 Å². The Labute approximate surface area is 157 Å². The molecule has 8 nitrogen and oxygen atoms in total. The predicted octanol–water partition coefficient (Wildman–Crippen LogP) is 2.39. The smallest absolute Gasteiger partial charge is 0.264 e. The third-order valence-electron chi connectivity index (χ3n) is 3.84. The fraction of sp³-hybridized carbons (Fsp3) is 0.167. The molecular weight excluding hydrogens is 366 g/mol. The molecule has 27 heavy (non-hydrogen) atoms. The van der Waals surface area contributed by atoms with Crippen LogP contribution in [-0.2, 0) is 21.4 Å². The number of nitrogens with zero attached hydrogens (tertiary/aromatic N) is 3. The molecule has 0 aliphatic rings. The molecule has 0 saturated carbocycles. The molecule has 1 amide bonds. The molecule has 0 fully saturated rings. The van der Waals surface area contributed by atoms with Gasteiger partial charge in [0.1, 0.15) is 6.33 Å². The van der Waals surface area contributed by atoms with Crippen LogP contribution in [0.1, 0.15) is 18.1 Å². The number of rotatable bonds is 6. The molecule has 1 heterocycles. The number of anilines is 2. The molecule has 0 aliphatic heterocycles. The van der Waals surface area contributed by atoms with Gasteiger partial charge in [-0.15, -0.1) is 5.10 Å². The standard InChI is InChI=1S/C18H19N5O3S/c1-13-5-3-4-6-15(13)11-23-12-19-18(21-23)22-27(25,26)17-9-7-16(8-10-17)20-14(2)24/h3-10,12H,11H2,1-2H3,(H,20,24)(H,21,22). The zero-order chi connectivity index (χ0) is 19.4. The Bertz CT molecular complexity index is 1060. The van der Waals surface area contributed by atoms with E-state index in [9.17, 15) is 13.2 Å². The minimum Gasteiger partial charge on any atom is -0.326 e. The number of aromatic nitrogens is 3. The van der Waals surface area contributed by atoms with Crippen LogP contribution in [0, 0.1) is 6.92 Å². The molecule has 0 spiro atoms. The molecule has 0 bridgehead atoms. The Kier molecular flexibility index (Phi) is 5.22. The van der Waals surface area contributed by atoms with Crippen molar-refractivity contribution in [2.24, 2.45) is 0 Å². The van der Waals surface area contributed by atoms with Crippen molar-refractivity contribution >= 4 is 27.6 Å². The summed E-state index contributed by atoms with van der Waals surface area (Å²) in [4.78, 5) is 15.1. The van der Waals surface area contributed by atoms with Gasteiger partial charge in [-0.05, 0) is 42.3 Å². The second-order valence-electron chi connectivity index (χ2n) is 6.00. The first-order valence-electron chi connectivity index (χ1n) is 8.18. The first-order chi connectivity index (χ1) is 12.8. The Balaban J connectivity index is 1.72. The van der Waals surface area contributed by atoms with Crippen molar-refractivity contribution in [1.82, 2.24) is 14.8 Å². The van der Waals surface area contributed by atoms with E-state index in [2.05, 4.69) is 20.1 Å². The van der Waals surface area contributed by atoms with Crippen LogP contribution >= 0.6 is 0 Å². The largest absolute Gasteiger partial charge is 0.326 e. The topological polar surface area (TPSA) is 106 Å². The van der Waals surface area contributed by atoms with Gasteiger partial charge in [0.2, 0.25) is 5.91 Å². The Morgan fingerprint density at radius 2 is 1.81 bits per heavy atom. The van der Waals surface area contributed by atoms with E-state index < -0.39 is 10.0 Å². The summed E-state index contributed by atoms with van der Waals surface area (Å²) in [5.41, 5.74) is 2.71. The van der Waals surface area contributed by atoms with E-state index in [0.717, 1.165) is 11.1 Å². The lowest BCUT2D eigenvalue weighted by atomic mass is 10.1. The summed E-state index contributed by atoms with van der Waals surface area (Å²) in [5, 5.41) is 6.75. The van der Waals surface area contributed by atoms with E-state index in [1.807, 2.05) is 31.2 Å². The van der Waals surface area contributed by atoms with Gasteiger partial charge < -0.3 is 5.32 Å². The maximum Gasteiger partial charge on any atom is 0.264 e. The van der Waals surface area contributed by atoms with E-state index in [1.165, 1.54) is 37.5 Å². The summed E-state index contributed by atoms with van der Waals surface area (Å²) in [6.45, 7) is 3.87. The molecular formula is C18H19N5O3S. The molecule has 0 atom stereocenters. The van der Waals surface area contributed by atoms with Crippen LogP contribution in [0.2, 0.25) is 0 Å². The summed E-state index contributed by atoms with van der Waals surface area (Å²) >= 11 is 0. The van der Waals surface area contributed by atoms with E-state index in [-0.39, 0.29) is 16.8 Å². The van der Waals surface area contributed by atoms with Gasteiger partial charge in [0.25, 0.3) is 16.0 Å². The average Bonchev–Trinajstić information content (AvgIpc) is 3.03.